The number of alkyl carbamates (subject to hydrolysis) is 1. The fraction of sp³-hybridized carbons (Fsp3) is 0.368. The lowest BCUT2D eigenvalue weighted by Gasteiger charge is -2.18. The van der Waals surface area contributed by atoms with Crippen molar-refractivity contribution in [1.82, 2.24) is 10.6 Å². The Morgan fingerprint density at radius 2 is 1.88 bits per heavy atom. The molecule has 5 nitrogen and oxygen atoms in total. The number of benzene rings is 1. The summed E-state index contributed by atoms with van der Waals surface area (Å²) < 4.78 is 4.43. The number of ether oxygens (including phenoxy) is 1. The van der Waals surface area contributed by atoms with E-state index >= 15 is 0 Å². The van der Waals surface area contributed by atoms with Crippen molar-refractivity contribution in [3.05, 3.63) is 57.8 Å². The number of carbonyl (C=O) groups excluding carboxylic acids is 2. The summed E-state index contributed by atoms with van der Waals surface area (Å²) in [4.78, 5) is 24.0. The first-order chi connectivity index (χ1) is 12.0. The van der Waals surface area contributed by atoms with Crippen LogP contribution in [0, 0.1) is 5.92 Å². The number of carbonyl (C=O) groups is 2. The summed E-state index contributed by atoms with van der Waals surface area (Å²) in [6, 6.07) is 12.4. The highest BCUT2D eigenvalue weighted by Gasteiger charge is 2.17. The van der Waals surface area contributed by atoms with E-state index in [-0.39, 0.29) is 12.6 Å². The van der Waals surface area contributed by atoms with E-state index < -0.39 is 12.0 Å². The maximum absolute atomic E-state index is 11.8. The Morgan fingerprint density at radius 3 is 2.44 bits per heavy atom. The lowest BCUT2D eigenvalue weighted by molar-refractivity contribution is -0.119. The number of hydrogen-bond acceptors (Lipinski definition) is 5. The summed E-state index contributed by atoms with van der Waals surface area (Å²) >= 11 is 1.62. The highest BCUT2D eigenvalue weighted by Crippen LogP contribution is 2.26. The number of hydrogen-bond donors (Lipinski definition) is 2. The van der Waals surface area contributed by atoms with Gasteiger partial charge in [-0.3, -0.25) is 15.4 Å². The lowest BCUT2D eigenvalue weighted by atomic mass is 9.99. The van der Waals surface area contributed by atoms with Gasteiger partial charge in [-0.1, -0.05) is 44.2 Å². The van der Waals surface area contributed by atoms with Crippen LogP contribution in [-0.2, 0) is 16.0 Å². The first-order valence-electron chi connectivity index (χ1n) is 8.23. The van der Waals surface area contributed by atoms with Crippen LogP contribution in [0.3, 0.4) is 0 Å². The van der Waals surface area contributed by atoms with Gasteiger partial charge in [0.2, 0.25) is 5.91 Å². The van der Waals surface area contributed by atoms with Crippen LogP contribution in [0.4, 0.5) is 4.79 Å². The molecule has 0 bridgehead atoms. The second-order valence-electron chi connectivity index (χ2n) is 6.21. The first kappa shape index (κ1) is 19.1. The molecule has 2 rings (SSSR count). The minimum atomic E-state index is -0.752. The molecule has 1 aromatic heterocycles. The minimum Gasteiger partial charge on any atom is -0.453 e. The molecule has 2 N–H and O–H groups in total. The Morgan fingerprint density at radius 1 is 1.16 bits per heavy atom. The van der Waals surface area contributed by atoms with Gasteiger partial charge in [-0.2, -0.15) is 0 Å². The van der Waals surface area contributed by atoms with Crippen molar-refractivity contribution in [2.75, 3.05) is 13.7 Å². The molecule has 0 aliphatic heterocycles. The lowest BCUT2D eigenvalue weighted by Crippen LogP contribution is -2.39. The molecular formula is C19H24N2O3S. The maximum atomic E-state index is 11.8. The van der Waals surface area contributed by atoms with Gasteiger partial charge < -0.3 is 4.74 Å². The molecule has 134 valence electrons. The van der Waals surface area contributed by atoms with Crippen LogP contribution in [0.2, 0.25) is 0 Å². The second kappa shape index (κ2) is 9.34. The SMILES string of the molecule is COC(=O)NC(=O)CN[C@H](c1ccc(CC(C)C)cc1)c1cccs1. The van der Waals surface area contributed by atoms with Gasteiger partial charge >= 0.3 is 6.09 Å². The van der Waals surface area contributed by atoms with E-state index in [9.17, 15) is 9.59 Å². The molecule has 2 aromatic rings. The Hall–Kier alpha value is -2.18. The third-order valence-electron chi connectivity index (χ3n) is 3.68. The van der Waals surface area contributed by atoms with Crippen molar-refractivity contribution in [3.63, 3.8) is 0 Å². The average Bonchev–Trinajstić information content (AvgIpc) is 3.10. The number of nitrogens with one attached hydrogen (secondary N) is 2. The standard InChI is InChI=1S/C19H24N2O3S/c1-13(2)11-14-6-8-15(9-7-14)18(16-5-4-10-25-16)20-12-17(22)21-19(23)24-3/h4-10,13,18,20H,11-12H2,1-3H3,(H,21,22,23)/t18-/m1/s1. The molecule has 0 radical (unpaired) electrons. The summed E-state index contributed by atoms with van der Waals surface area (Å²) in [5, 5.41) is 7.38. The van der Waals surface area contributed by atoms with Crippen LogP contribution in [0.15, 0.2) is 41.8 Å². The molecule has 0 spiro atoms. The fourth-order valence-electron chi connectivity index (χ4n) is 2.56. The highest BCUT2D eigenvalue weighted by molar-refractivity contribution is 7.10. The Balaban J connectivity index is 2.09. The fourth-order valence-corrected chi connectivity index (χ4v) is 3.39. The van der Waals surface area contributed by atoms with Gasteiger partial charge in [0, 0.05) is 4.88 Å². The van der Waals surface area contributed by atoms with Crippen molar-refractivity contribution in [2.24, 2.45) is 5.92 Å². The van der Waals surface area contributed by atoms with Crippen molar-refractivity contribution in [1.29, 1.82) is 0 Å². The van der Waals surface area contributed by atoms with Crippen LogP contribution in [-0.4, -0.2) is 25.7 Å². The largest absolute Gasteiger partial charge is 0.453 e. The third kappa shape index (κ3) is 5.99. The van der Waals surface area contributed by atoms with E-state index in [4.69, 9.17) is 0 Å². The summed E-state index contributed by atoms with van der Waals surface area (Å²) in [5.41, 5.74) is 2.38. The molecule has 0 aliphatic rings. The average molecular weight is 360 g/mol. The predicted molar refractivity (Wildman–Crippen MR) is 99.7 cm³/mol. The highest BCUT2D eigenvalue weighted by atomic mass is 32.1. The van der Waals surface area contributed by atoms with Crippen LogP contribution in [0.1, 0.15) is 35.9 Å². The van der Waals surface area contributed by atoms with Crippen LogP contribution >= 0.6 is 11.3 Å². The zero-order chi connectivity index (χ0) is 18.2. The van der Waals surface area contributed by atoms with Gasteiger partial charge in [0.05, 0.1) is 19.7 Å². The maximum Gasteiger partial charge on any atom is 0.413 e. The molecule has 0 saturated carbocycles. The van der Waals surface area contributed by atoms with Crippen molar-refractivity contribution < 1.29 is 14.3 Å². The Labute approximate surface area is 152 Å². The van der Waals surface area contributed by atoms with Crippen LogP contribution in [0.5, 0.6) is 0 Å². The van der Waals surface area contributed by atoms with Gasteiger partial charge in [-0.15, -0.1) is 11.3 Å². The zero-order valence-electron chi connectivity index (χ0n) is 14.7. The topological polar surface area (TPSA) is 67.4 Å². The van der Waals surface area contributed by atoms with Gasteiger partial charge in [-0.25, -0.2) is 4.79 Å². The van der Waals surface area contributed by atoms with Gasteiger partial charge in [0.25, 0.3) is 0 Å². The van der Waals surface area contributed by atoms with Gasteiger partial charge in [0.1, 0.15) is 0 Å². The monoisotopic (exact) mass is 360 g/mol. The molecule has 0 fully saturated rings. The van der Waals surface area contributed by atoms with E-state index in [1.165, 1.54) is 12.7 Å². The van der Waals surface area contributed by atoms with Crippen LogP contribution in [0.25, 0.3) is 0 Å². The molecule has 6 heteroatoms. The summed E-state index contributed by atoms with van der Waals surface area (Å²) in [7, 11) is 1.23. The van der Waals surface area contributed by atoms with Crippen molar-refractivity contribution >= 4 is 23.3 Å². The summed E-state index contributed by atoms with van der Waals surface area (Å²) in [6.45, 7) is 4.42. The molecule has 0 saturated heterocycles. The quantitative estimate of drug-likeness (QED) is 0.793. The zero-order valence-corrected chi connectivity index (χ0v) is 15.6. The molecule has 1 atom stereocenters. The van der Waals surface area contributed by atoms with E-state index in [2.05, 4.69) is 53.5 Å². The smallest absolute Gasteiger partial charge is 0.413 e. The van der Waals surface area contributed by atoms with E-state index in [1.807, 2.05) is 17.5 Å². The first-order valence-corrected chi connectivity index (χ1v) is 9.11. The van der Waals surface area contributed by atoms with Gasteiger partial charge in [0.15, 0.2) is 0 Å². The van der Waals surface area contributed by atoms with E-state index in [0.29, 0.717) is 5.92 Å². The van der Waals surface area contributed by atoms with Crippen molar-refractivity contribution in [3.8, 4) is 0 Å². The number of thiophene rings is 1. The Bertz CT molecular complexity index is 681. The van der Waals surface area contributed by atoms with Crippen LogP contribution < -0.4 is 10.6 Å². The van der Waals surface area contributed by atoms with Crippen molar-refractivity contribution in [2.45, 2.75) is 26.3 Å². The molecule has 25 heavy (non-hydrogen) atoms. The molecule has 0 unspecified atom stereocenters. The molecular weight excluding hydrogens is 336 g/mol. The summed E-state index contributed by atoms with van der Waals surface area (Å²) in [6.07, 6.45) is 0.288. The third-order valence-corrected chi connectivity index (χ3v) is 4.62. The minimum absolute atomic E-state index is 0.0193. The summed E-state index contributed by atoms with van der Waals surface area (Å²) in [5.74, 6) is 0.184. The molecule has 1 aromatic carbocycles. The molecule has 1 heterocycles. The normalized spacial score (nSPS) is 12.0. The van der Waals surface area contributed by atoms with Gasteiger partial charge in [-0.05, 0) is 34.9 Å². The number of amides is 2. The van der Waals surface area contributed by atoms with E-state index in [1.54, 1.807) is 11.3 Å². The second-order valence-corrected chi connectivity index (χ2v) is 7.19. The molecule has 2 amide bonds. The molecule has 0 aliphatic carbocycles. The van der Waals surface area contributed by atoms with E-state index in [0.717, 1.165) is 16.9 Å². The Kier molecular flexibility index (Phi) is 7.16. The number of imide groups is 1. The predicted octanol–water partition coefficient (Wildman–Crippen LogP) is 3.51. The number of rotatable bonds is 7. The number of methoxy groups -OCH3 is 1.